The Balaban J connectivity index is 2.48. The van der Waals surface area contributed by atoms with E-state index in [1.165, 1.54) is 5.56 Å². The summed E-state index contributed by atoms with van der Waals surface area (Å²) in [6, 6.07) is 10.4. The molecule has 0 aliphatic rings. The van der Waals surface area contributed by atoms with Crippen LogP contribution in [0.15, 0.2) is 30.3 Å². The summed E-state index contributed by atoms with van der Waals surface area (Å²) in [6.07, 6.45) is 0. The quantitative estimate of drug-likeness (QED) is 0.772. The first-order chi connectivity index (χ1) is 5.84. The number of aliphatic hydroxyl groups is 1. The lowest BCUT2D eigenvalue weighted by molar-refractivity contribution is 0.322. The number of rotatable bonds is 4. The first-order valence-electron chi connectivity index (χ1n) is 4.12. The molecule has 0 saturated heterocycles. The molecule has 0 spiro atoms. The minimum atomic E-state index is 0.266. The van der Waals surface area contributed by atoms with E-state index < -0.39 is 0 Å². The minimum Gasteiger partial charge on any atom is -0.396 e. The van der Waals surface area contributed by atoms with Crippen LogP contribution in [0.1, 0.15) is 17.7 Å². The average Bonchev–Trinajstić information content (AvgIpc) is 2.15. The lowest BCUT2D eigenvalue weighted by Crippen LogP contribution is -1.92. The maximum Gasteiger partial charge on any atom is 0.0521 e. The maximum atomic E-state index is 8.64. The number of aliphatic hydroxyl groups excluding tert-OH is 1. The summed E-state index contributed by atoms with van der Waals surface area (Å²) in [5.41, 5.74) is 1.33. The Morgan fingerprint density at radius 2 is 2.00 bits per heavy atom. The van der Waals surface area contributed by atoms with Gasteiger partial charge in [-0.3, -0.25) is 0 Å². The van der Waals surface area contributed by atoms with Gasteiger partial charge in [-0.2, -0.15) is 11.8 Å². The Kier molecular flexibility index (Phi) is 4.19. The van der Waals surface area contributed by atoms with Crippen LogP contribution in [0.5, 0.6) is 0 Å². The Morgan fingerprint density at radius 1 is 1.33 bits per heavy atom. The average molecular weight is 182 g/mol. The van der Waals surface area contributed by atoms with Gasteiger partial charge in [0.15, 0.2) is 0 Å². The van der Waals surface area contributed by atoms with E-state index >= 15 is 0 Å². The van der Waals surface area contributed by atoms with E-state index in [1.807, 2.05) is 18.2 Å². The highest BCUT2D eigenvalue weighted by Gasteiger charge is 2.03. The van der Waals surface area contributed by atoms with Crippen molar-refractivity contribution >= 4 is 11.8 Å². The molecule has 0 radical (unpaired) electrons. The van der Waals surface area contributed by atoms with Crippen LogP contribution in [-0.2, 0) is 0 Å². The number of hydrogen-bond donors (Lipinski definition) is 1. The van der Waals surface area contributed by atoms with Gasteiger partial charge in [-0.25, -0.2) is 0 Å². The van der Waals surface area contributed by atoms with Gasteiger partial charge in [-0.1, -0.05) is 30.3 Å². The Morgan fingerprint density at radius 3 is 2.58 bits per heavy atom. The van der Waals surface area contributed by atoms with Crippen LogP contribution in [0.4, 0.5) is 0 Å². The van der Waals surface area contributed by atoms with Crippen molar-refractivity contribution in [1.82, 2.24) is 0 Å². The molecule has 1 aromatic rings. The van der Waals surface area contributed by atoms with E-state index in [1.54, 1.807) is 11.8 Å². The second-order valence-corrected chi connectivity index (χ2v) is 4.10. The van der Waals surface area contributed by atoms with Gasteiger partial charge in [0.05, 0.1) is 6.61 Å². The van der Waals surface area contributed by atoms with E-state index in [0.717, 1.165) is 5.75 Å². The highest BCUT2D eigenvalue weighted by Crippen LogP contribution is 2.26. The molecule has 0 aliphatic heterocycles. The Bertz CT molecular complexity index is 210. The second kappa shape index (κ2) is 5.22. The third-order valence-corrected chi connectivity index (χ3v) is 2.92. The van der Waals surface area contributed by atoms with Crippen molar-refractivity contribution in [2.45, 2.75) is 12.2 Å². The summed E-state index contributed by atoms with van der Waals surface area (Å²) >= 11 is 1.78. The first kappa shape index (κ1) is 9.62. The third kappa shape index (κ3) is 2.88. The van der Waals surface area contributed by atoms with Crippen molar-refractivity contribution in [3.63, 3.8) is 0 Å². The molecule has 0 aromatic heterocycles. The zero-order valence-corrected chi connectivity index (χ0v) is 8.05. The van der Waals surface area contributed by atoms with Crippen molar-refractivity contribution in [1.29, 1.82) is 0 Å². The predicted octanol–water partition coefficient (Wildman–Crippen LogP) is 2.47. The van der Waals surface area contributed by atoms with Gasteiger partial charge in [0.2, 0.25) is 0 Å². The largest absolute Gasteiger partial charge is 0.396 e. The van der Waals surface area contributed by atoms with Gasteiger partial charge in [0, 0.05) is 11.0 Å². The van der Waals surface area contributed by atoms with E-state index in [9.17, 15) is 0 Å². The highest BCUT2D eigenvalue weighted by atomic mass is 32.2. The molecule has 1 aromatic carbocycles. The standard InChI is InChI=1S/C10H14OS/c1-9(12-8-7-11)10-5-3-2-4-6-10/h2-6,9,11H,7-8H2,1H3. The smallest absolute Gasteiger partial charge is 0.0521 e. The molecule has 2 heteroatoms. The van der Waals surface area contributed by atoms with Crippen LogP contribution in [-0.4, -0.2) is 17.5 Å². The summed E-state index contributed by atoms with van der Waals surface area (Å²) in [4.78, 5) is 0. The van der Waals surface area contributed by atoms with Gasteiger partial charge < -0.3 is 5.11 Å². The van der Waals surface area contributed by atoms with Crippen LogP contribution >= 0.6 is 11.8 Å². The molecule has 0 aliphatic carbocycles. The van der Waals surface area contributed by atoms with Crippen molar-refractivity contribution < 1.29 is 5.11 Å². The van der Waals surface area contributed by atoms with Gasteiger partial charge in [0.1, 0.15) is 0 Å². The maximum absolute atomic E-state index is 8.64. The van der Waals surface area contributed by atoms with Gasteiger partial charge in [-0.05, 0) is 12.5 Å². The fourth-order valence-electron chi connectivity index (χ4n) is 1.05. The molecule has 0 heterocycles. The minimum absolute atomic E-state index is 0.266. The summed E-state index contributed by atoms with van der Waals surface area (Å²) < 4.78 is 0. The zero-order valence-electron chi connectivity index (χ0n) is 7.23. The topological polar surface area (TPSA) is 20.2 Å². The fraction of sp³-hybridized carbons (Fsp3) is 0.400. The zero-order chi connectivity index (χ0) is 8.81. The number of benzene rings is 1. The van der Waals surface area contributed by atoms with E-state index in [4.69, 9.17) is 5.11 Å². The van der Waals surface area contributed by atoms with Crippen molar-refractivity contribution in [3.8, 4) is 0 Å². The number of thioether (sulfide) groups is 1. The molecule has 1 rings (SSSR count). The predicted molar refractivity (Wildman–Crippen MR) is 54.4 cm³/mol. The molecule has 0 fully saturated rings. The molecule has 0 saturated carbocycles. The summed E-state index contributed by atoms with van der Waals surface area (Å²) in [5.74, 6) is 0.816. The summed E-state index contributed by atoms with van der Waals surface area (Å²) in [7, 11) is 0. The normalized spacial score (nSPS) is 12.8. The molecule has 0 amide bonds. The molecule has 1 atom stereocenters. The van der Waals surface area contributed by atoms with Crippen LogP contribution in [0.25, 0.3) is 0 Å². The van der Waals surface area contributed by atoms with Crippen LogP contribution in [0.2, 0.25) is 0 Å². The van der Waals surface area contributed by atoms with Gasteiger partial charge in [0.25, 0.3) is 0 Å². The van der Waals surface area contributed by atoms with Crippen molar-refractivity contribution in [2.75, 3.05) is 12.4 Å². The molecular weight excluding hydrogens is 168 g/mol. The molecule has 12 heavy (non-hydrogen) atoms. The lowest BCUT2D eigenvalue weighted by atomic mass is 10.2. The molecular formula is C10H14OS. The van der Waals surface area contributed by atoms with Crippen LogP contribution in [0, 0.1) is 0 Å². The molecule has 66 valence electrons. The first-order valence-corrected chi connectivity index (χ1v) is 5.17. The van der Waals surface area contributed by atoms with Crippen LogP contribution < -0.4 is 0 Å². The Labute approximate surface area is 77.8 Å². The number of hydrogen-bond acceptors (Lipinski definition) is 2. The van der Waals surface area contributed by atoms with E-state index in [-0.39, 0.29) is 6.61 Å². The summed E-state index contributed by atoms with van der Waals surface area (Å²) in [6.45, 7) is 2.43. The molecule has 0 bridgehead atoms. The third-order valence-electron chi connectivity index (χ3n) is 1.73. The fourth-order valence-corrected chi connectivity index (χ4v) is 1.86. The monoisotopic (exact) mass is 182 g/mol. The molecule has 1 unspecified atom stereocenters. The lowest BCUT2D eigenvalue weighted by Gasteiger charge is -2.09. The van der Waals surface area contributed by atoms with Crippen molar-refractivity contribution in [3.05, 3.63) is 35.9 Å². The molecule has 1 nitrogen and oxygen atoms in total. The van der Waals surface area contributed by atoms with E-state index in [2.05, 4.69) is 19.1 Å². The van der Waals surface area contributed by atoms with Gasteiger partial charge >= 0.3 is 0 Å². The summed E-state index contributed by atoms with van der Waals surface area (Å²) in [5, 5.41) is 9.13. The Hall–Kier alpha value is -0.470. The highest BCUT2D eigenvalue weighted by molar-refractivity contribution is 7.99. The van der Waals surface area contributed by atoms with Gasteiger partial charge in [-0.15, -0.1) is 0 Å². The molecule has 1 N–H and O–H groups in total. The SMILES string of the molecule is CC(SCCO)c1ccccc1. The van der Waals surface area contributed by atoms with Crippen LogP contribution in [0.3, 0.4) is 0 Å². The van der Waals surface area contributed by atoms with E-state index in [0.29, 0.717) is 5.25 Å². The second-order valence-electron chi connectivity index (χ2n) is 2.65. The van der Waals surface area contributed by atoms with Crippen molar-refractivity contribution in [2.24, 2.45) is 0 Å².